The molecule has 0 bridgehead atoms. The summed E-state index contributed by atoms with van der Waals surface area (Å²) in [5.41, 5.74) is 2.33. The molecule has 2 unspecified atom stereocenters. The largest absolute Gasteiger partial charge is 0.316 e. The van der Waals surface area contributed by atoms with E-state index in [4.69, 9.17) is 0 Å². The van der Waals surface area contributed by atoms with Crippen LogP contribution in [-0.4, -0.2) is 28.1 Å². The molecule has 20 heavy (non-hydrogen) atoms. The zero-order valence-corrected chi connectivity index (χ0v) is 12.0. The summed E-state index contributed by atoms with van der Waals surface area (Å²) in [7, 11) is 2.07. The Kier molecular flexibility index (Phi) is 4.11. The van der Waals surface area contributed by atoms with Gasteiger partial charge in [-0.3, -0.25) is 0 Å². The van der Waals surface area contributed by atoms with Crippen LogP contribution in [0.4, 0.5) is 0 Å². The van der Waals surface area contributed by atoms with Crippen LogP contribution < -0.4 is 5.32 Å². The van der Waals surface area contributed by atoms with Crippen LogP contribution >= 0.6 is 0 Å². The molecule has 4 nitrogen and oxygen atoms in total. The van der Waals surface area contributed by atoms with Crippen molar-refractivity contribution in [3.63, 3.8) is 0 Å². The molecule has 0 saturated heterocycles. The van der Waals surface area contributed by atoms with E-state index in [1.807, 2.05) is 29.1 Å². The topological polar surface area (TPSA) is 42.7 Å². The Labute approximate surface area is 120 Å². The first-order valence-electron chi connectivity index (χ1n) is 7.53. The molecule has 1 aromatic carbocycles. The van der Waals surface area contributed by atoms with E-state index in [0.29, 0.717) is 12.0 Å². The minimum absolute atomic E-state index is 0.498. The van der Waals surface area contributed by atoms with E-state index >= 15 is 0 Å². The minimum Gasteiger partial charge on any atom is -0.316 e. The van der Waals surface area contributed by atoms with E-state index in [2.05, 4.69) is 34.8 Å². The molecular formula is C16H22N4. The molecule has 0 aliphatic heterocycles. The average Bonchev–Trinajstić information content (AvgIpc) is 2.86. The summed E-state index contributed by atoms with van der Waals surface area (Å²) in [4.78, 5) is 0. The first-order valence-corrected chi connectivity index (χ1v) is 7.53. The summed E-state index contributed by atoms with van der Waals surface area (Å²) in [5.74, 6) is 0.498. The molecule has 2 atom stereocenters. The van der Waals surface area contributed by atoms with Crippen LogP contribution in [0.2, 0.25) is 0 Å². The van der Waals surface area contributed by atoms with Crippen LogP contribution in [0.25, 0.3) is 5.69 Å². The van der Waals surface area contributed by atoms with Gasteiger partial charge in [0.2, 0.25) is 0 Å². The second-order valence-corrected chi connectivity index (χ2v) is 5.55. The van der Waals surface area contributed by atoms with Crippen molar-refractivity contribution in [2.24, 2.45) is 0 Å². The van der Waals surface area contributed by atoms with E-state index in [1.165, 1.54) is 37.8 Å². The van der Waals surface area contributed by atoms with Gasteiger partial charge >= 0.3 is 0 Å². The molecular weight excluding hydrogens is 248 g/mol. The Balaban J connectivity index is 1.95. The smallest absolute Gasteiger partial charge is 0.0733 e. The van der Waals surface area contributed by atoms with Gasteiger partial charge in [-0.2, -0.15) is 0 Å². The van der Waals surface area contributed by atoms with Gasteiger partial charge in [0.15, 0.2) is 0 Å². The lowest BCUT2D eigenvalue weighted by atomic mass is 9.91. The second-order valence-electron chi connectivity index (χ2n) is 5.55. The molecule has 0 amide bonds. The molecule has 4 heteroatoms. The maximum Gasteiger partial charge on any atom is 0.0733 e. The van der Waals surface area contributed by atoms with E-state index in [-0.39, 0.29) is 0 Å². The van der Waals surface area contributed by atoms with Gasteiger partial charge in [0, 0.05) is 12.0 Å². The van der Waals surface area contributed by atoms with Crippen LogP contribution in [0, 0.1) is 0 Å². The van der Waals surface area contributed by atoms with Gasteiger partial charge < -0.3 is 5.32 Å². The molecule has 1 N–H and O–H groups in total. The molecule has 3 rings (SSSR count). The van der Waals surface area contributed by atoms with E-state index in [0.717, 1.165) is 5.69 Å². The van der Waals surface area contributed by atoms with Crippen molar-refractivity contribution in [2.45, 2.75) is 44.1 Å². The van der Waals surface area contributed by atoms with Gasteiger partial charge in [-0.25, -0.2) is 4.68 Å². The SMILES string of the molecule is CNC1CCCCCC1c1cnnn1-c1ccccc1. The molecule has 1 aliphatic rings. The van der Waals surface area contributed by atoms with Crippen LogP contribution in [0.1, 0.15) is 43.7 Å². The van der Waals surface area contributed by atoms with Gasteiger partial charge in [-0.15, -0.1) is 5.10 Å². The Morgan fingerprint density at radius 2 is 1.90 bits per heavy atom. The van der Waals surface area contributed by atoms with E-state index in [1.54, 1.807) is 0 Å². The Hall–Kier alpha value is -1.68. The second kappa shape index (κ2) is 6.18. The van der Waals surface area contributed by atoms with Crippen molar-refractivity contribution in [2.75, 3.05) is 7.05 Å². The first-order chi connectivity index (χ1) is 9.90. The molecule has 0 radical (unpaired) electrons. The van der Waals surface area contributed by atoms with Crippen LogP contribution in [0.3, 0.4) is 0 Å². The van der Waals surface area contributed by atoms with Gasteiger partial charge in [-0.05, 0) is 32.0 Å². The number of hydrogen-bond donors (Lipinski definition) is 1. The summed E-state index contributed by atoms with van der Waals surface area (Å²) in [5, 5.41) is 12.0. The van der Waals surface area contributed by atoms with Crippen molar-refractivity contribution >= 4 is 0 Å². The van der Waals surface area contributed by atoms with Gasteiger partial charge in [0.25, 0.3) is 0 Å². The van der Waals surface area contributed by atoms with Gasteiger partial charge in [0.1, 0.15) is 0 Å². The van der Waals surface area contributed by atoms with E-state index in [9.17, 15) is 0 Å². The number of rotatable bonds is 3. The van der Waals surface area contributed by atoms with Crippen molar-refractivity contribution in [1.29, 1.82) is 0 Å². The lowest BCUT2D eigenvalue weighted by Gasteiger charge is -2.25. The zero-order valence-electron chi connectivity index (χ0n) is 12.0. The number of nitrogens with zero attached hydrogens (tertiary/aromatic N) is 3. The molecule has 1 aliphatic carbocycles. The third-order valence-electron chi connectivity index (χ3n) is 4.34. The summed E-state index contributed by atoms with van der Waals surface area (Å²) in [6.07, 6.45) is 8.33. The lowest BCUT2D eigenvalue weighted by Crippen LogP contribution is -2.32. The highest BCUT2D eigenvalue weighted by atomic mass is 15.4. The fraction of sp³-hybridized carbons (Fsp3) is 0.500. The molecule has 2 aromatic rings. The highest BCUT2D eigenvalue weighted by molar-refractivity contribution is 5.32. The monoisotopic (exact) mass is 270 g/mol. The summed E-state index contributed by atoms with van der Waals surface area (Å²) < 4.78 is 2.00. The molecule has 0 spiro atoms. The Morgan fingerprint density at radius 1 is 1.10 bits per heavy atom. The van der Waals surface area contributed by atoms with Gasteiger partial charge in [-0.1, -0.05) is 42.7 Å². The summed E-state index contributed by atoms with van der Waals surface area (Å²) in [6, 6.07) is 10.8. The zero-order chi connectivity index (χ0) is 13.8. The highest BCUT2D eigenvalue weighted by Gasteiger charge is 2.27. The number of likely N-dealkylation sites (N-methyl/N-ethyl adjacent to an activating group) is 1. The Bertz CT molecular complexity index is 534. The fourth-order valence-electron chi connectivity index (χ4n) is 3.27. The average molecular weight is 270 g/mol. The fourth-order valence-corrected chi connectivity index (χ4v) is 3.27. The van der Waals surface area contributed by atoms with E-state index < -0.39 is 0 Å². The van der Waals surface area contributed by atoms with Crippen molar-refractivity contribution < 1.29 is 0 Å². The predicted molar refractivity (Wildman–Crippen MR) is 80.0 cm³/mol. The predicted octanol–water partition coefficient (Wildman–Crippen LogP) is 2.90. The standard InChI is InChI=1S/C16H22N4/c1-17-15-11-7-3-6-10-14(15)16-12-18-19-20(16)13-8-4-2-5-9-13/h2,4-5,8-9,12,14-15,17H,3,6-7,10-11H2,1H3. The third kappa shape index (κ3) is 2.61. The quantitative estimate of drug-likeness (QED) is 0.872. The third-order valence-corrected chi connectivity index (χ3v) is 4.34. The maximum absolute atomic E-state index is 4.30. The molecule has 1 saturated carbocycles. The molecule has 1 fully saturated rings. The molecule has 106 valence electrons. The number of nitrogens with one attached hydrogen (secondary N) is 1. The lowest BCUT2D eigenvalue weighted by molar-refractivity contribution is 0.425. The first kappa shape index (κ1) is 13.3. The normalized spacial score (nSPS) is 23.4. The van der Waals surface area contributed by atoms with Gasteiger partial charge in [0.05, 0.1) is 17.6 Å². The van der Waals surface area contributed by atoms with Crippen LogP contribution in [0.5, 0.6) is 0 Å². The molecule has 1 heterocycles. The van der Waals surface area contributed by atoms with Crippen LogP contribution in [0.15, 0.2) is 36.5 Å². The number of hydrogen-bond acceptors (Lipinski definition) is 3. The van der Waals surface area contributed by atoms with Crippen molar-refractivity contribution in [3.8, 4) is 5.69 Å². The Morgan fingerprint density at radius 3 is 2.70 bits per heavy atom. The number of benzene rings is 1. The van der Waals surface area contributed by atoms with Crippen molar-refractivity contribution in [1.82, 2.24) is 20.3 Å². The maximum atomic E-state index is 4.30. The van der Waals surface area contributed by atoms with Crippen molar-refractivity contribution in [3.05, 3.63) is 42.2 Å². The minimum atomic E-state index is 0.498. The summed E-state index contributed by atoms with van der Waals surface area (Å²) in [6.45, 7) is 0. The number of para-hydroxylation sites is 1. The summed E-state index contributed by atoms with van der Waals surface area (Å²) >= 11 is 0. The van der Waals surface area contributed by atoms with Crippen LogP contribution in [-0.2, 0) is 0 Å². The highest BCUT2D eigenvalue weighted by Crippen LogP contribution is 2.32. The molecule has 1 aromatic heterocycles. The number of aromatic nitrogens is 3.